The highest BCUT2D eigenvalue weighted by Gasteiger charge is 2.40. The Morgan fingerprint density at radius 1 is 1.33 bits per heavy atom. The molecule has 0 aromatic heterocycles. The van der Waals surface area contributed by atoms with Crippen molar-refractivity contribution in [3.63, 3.8) is 0 Å². The van der Waals surface area contributed by atoms with E-state index in [-0.39, 0.29) is 7.12 Å². The Labute approximate surface area is 71.6 Å². The van der Waals surface area contributed by atoms with E-state index in [1.54, 1.807) is 0 Å². The second-order valence-corrected chi connectivity index (χ2v) is 3.25. The van der Waals surface area contributed by atoms with Gasteiger partial charge >= 0.3 is 7.12 Å². The van der Waals surface area contributed by atoms with Gasteiger partial charge in [0.2, 0.25) is 0 Å². The maximum absolute atomic E-state index is 5.65. The predicted octanol–water partition coefficient (Wildman–Crippen LogP) is 0.873. The van der Waals surface area contributed by atoms with Crippen LogP contribution in [0.5, 0.6) is 0 Å². The molecule has 0 saturated carbocycles. The number of hydrogen-bond donors (Lipinski definition) is 0. The number of hydrogen-bond acceptors (Lipinski definition) is 2. The highest BCUT2D eigenvalue weighted by molar-refractivity contribution is 6.63. The van der Waals surface area contributed by atoms with Crippen LogP contribution in [0.2, 0.25) is 0 Å². The van der Waals surface area contributed by atoms with Crippen LogP contribution in [0.1, 0.15) is 18.1 Å². The van der Waals surface area contributed by atoms with E-state index in [4.69, 9.17) is 9.31 Å². The molecule has 0 aliphatic carbocycles. The van der Waals surface area contributed by atoms with Crippen LogP contribution in [0.25, 0.3) is 0 Å². The summed E-state index contributed by atoms with van der Waals surface area (Å²) >= 11 is 0. The number of rotatable bonds is 0. The summed E-state index contributed by atoms with van der Waals surface area (Å²) in [4.78, 5) is 0. The first-order valence-electron chi connectivity index (χ1n) is 4.31. The summed E-state index contributed by atoms with van der Waals surface area (Å²) in [5.74, 6) is 0. The van der Waals surface area contributed by atoms with Crippen molar-refractivity contribution in [3.05, 3.63) is 29.8 Å². The van der Waals surface area contributed by atoms with Crippen molar-refractivity contribution in [2.24, 2.45) is 0 Å². The normalized spacial score (nSPS) is 25.7. The van der Waals surface area contributed by atoms with Gasteiger partial charge in [-0.05, 0) is 17.4 Å². The van der Waals surface area contributed by atoms with Crippen LogP contribution in [-0.2, 0) is 9.31 Å². The molecule has 0 spiro atoms. The molecule has 0 N–H and O–H groups in total. The number of fused-ring (bicyclic) bond motifs is 5. The molecule has 0 radical (unpaired) electrons. The lowest BCUT2D eigenvalue weighted by molar-refractivity contribution is 0.0871. The minimum atomic E-state index is -0.0834. The van der Waals surface area contributed by atoms with E-state index in [1.165, 1.54) is 11.0 Å². The van der Waals surface area contributed by atoms with Gasteiger partial charge < -0.3 is 9.31 Å². The molecule has 3 heteroatoms. The van der Waals surface area contributed by atoms with Gasteiger partial charge in [0.25, 0.3) is 0 Å². The first-order valence-corrected chi connectivity index (χ1v) is 4.31. The van der Waals surface area contributed by atoms with Crippen molar-refractivity contribution in [3.8, 4) is 0 Å². The predicted molar refractivity (Wildman–Crippen MR) is 46.2 cm³/mol. The summed E-state index contributed by atoms with van der Waals surface area (Å²) in [7, 11) is -0.0834. The standard InChI is InChI=1S/C9H9BO2/c1-2-4-8-7(3-1)9-5-6-11-10(8)12-9/h1-4,9H,5-6H2. The van der Waals surface area contributed by atoms with Crippen LogP contribution in [0, 0.1) is 0 Å². The van der Waals surface area contributed by atoms with E-state index in [2.05, 4.69) is 18.2 Å². The first kappa shape index (κ1) is 6.69. The average Bonchev–Trinajstić information content (AvgIpc) is 2.41. The van der Waals surface area contributed by atoms with Crippen LogP contribution in [0.3, 0.4) is 0 Å². The van der Waals surface area contributed by atoms with Gasteiger partial charge in [0, 0.05) is 6.61 Å². The summed E-state index contributed by atoms with van der Waals surface area (Å²) < 4.78 is 11.1. The summed E-state index contributed by atoms with van der Waals surface area (Å²) in [6.45, 7) is 0.823. The van der Waals surface area contributed by atoms with Gasteiger partial charge in [-0.25, -0.2) is 0 Å². The van der Waals surface area contributed by atoms with Gasteiger partial charge in [-0.15, -0.1) is 0 Å². The monoisotopic (exact) mass is 160 g/mol. The maximum Gasteiger partial charge on any atom is 0.494 e. The fraction of sp³-hybridized carbons (Fsp3) is 0.333. The minimum absolute atomic E-state index is 0.0834. The van der Waals surface area contributed by atoms with E-state index < -0.39 is 0 Å². The molecule has 0 amide bonds. The second-order valence-electron chi connectivity index (χ2n) is 3.25. The van der Waals surface area contributed by atoms with Crippen molar-refractivity contribution < 1.29 is 9.31 Å². The molecule has 1 aromatic carbocycles. The zero-order valence-corrected chi connectivity index (χ0v) is 6.69. The molecule has 2 heterocycles. The fourth-order valence-electron chi connectivity index (χ4n) is 1.95. The molecule has 12 heavy (non-hydrogen) atoms. The largest absolute Gasteiger partial charge is 0.494 e. The van der Waals surface area contributed by atoms with Crippen LogP contribution in [0.4, 0.5) is 0 Å². The van der Waals surface area contributed by atoms with Crippen molar-refractivity contribution in [1.82, 2.24) is 0 Å². The zero-order chi connectivity index (χ0) is 7.97. The summed E-state index contributed by atoms with van der Waals surface area (Å²) in [5.41, 5.74) is 2.54. The zero-order valence-electron chi connectivity index (χ0n) is 6.69. The molecule has 2 bridgehead atoms. The average molecular weight is 160 g/mol. The maximum atomic E-state index is 5.65. The molecule has 2 aliphatic rings. The van der Waals surface area contributed by atoms with E-state index in [0.717, 1.165) is 13.0 Å². The quantitative estimate of drug-likeness (QED) is 0.524. The van der Waals surface area contributed by atoms with Crippen LogP contribution < -0.4 is 5.46 Å². The van der Waals surface area contributed by atoms with Crippen LogP contribution in [-0.4, -0.2) is 13.7 Å². The lowest BCUT2D eigenvalue weighted by Gasteiger charge is -2.18. The smallest absolute Gasteiger partial charge is 0.407 e. The molecule has 2 aliphatic heterocycles. The summed E-state index contributed by atoms with van der Waals surface area (Å²) in [6, 6.07) is 8.31. The Morgan fingerprint density at radius 3 is 3.25 bits per heavy atom. The van der Waals surface area contributed by atoms with Crippen molar-refractivity contribution in [1.29, 1.82) is 0 Å². The molecule has 3 rings (SSSR count). The van der Waals surface area contributed by atoms with E-state index in [1.807, 2.05) is 6.07 Å². The highest BCUT2D eigenvalue weighted by atomic mass is 16.6. The van der Waals surface area contributed by atoms with Gasteiger partial charge in [-0.1, -0.05) is 24.3 Å². The lowest BCUT2D eigenvalue weighted by Crippen LogP contribution is -2.34. The Balaban J connectivity index is 2.16. The molecule has 1 fully saturated rings. The molecule has 2 nitrogen and oxygen atoms in total. The highest BCUT2D eigenvalue weighted by Crippen LogP contribution is 2.30. The lowest BCUT2D eigenvalue weighted by atomic mass is 9.79. The Morgan fingerprint density at radius 2 is 2.25 bits per heavy atom. The van der Waals surface area contributed by atoms with Gasteiger partial charge in [-0.3, -0.25) is 0 Å². The Bertz CT molecular complexity index is 284. The SMILES string of the molecule is c1ccc2c(c1)B1OCCC2O1. The summed E-state index contributed by atoms with van der Waals surface area (Å²) in [5, 5.41) is 0. The molecular formula is C9H9BO2. The van der Waals surface area contributed by atoms with E-state index in [9.17, 15) is 0 Å². The van der Waals surface area contributed by atoms with Gasteiger partial charge in [0.1, 0.15) is 0 Å². The topological polar surface area (TPSA) is 18.5 Å². The molecule has 1 atom stereocenters. The molecule has 1 unspecified atom stereocenters. The van der Waals surface area contributed by atoms with Crippen molar-refractivity contribution >= 4 is 12.6 Å². The molecule has 1 aromatic rings. The molecule has 60 valence electrons. The van der Waals surface area contributed by atoms with Crippen LogP contribution in [0.15, 0.2) is 24.3 Å². The Kier molecular flexibility index (Phi) is 1.31. The van der Waals surface area contributed by atoms with Gasteiger partial charge in [0.15, 0.2) is 0 Å². The second kappa shape index (κ2) is 2.34. The fourth-order valence-corrected chi connectivity index (χ4v) is 1.95. The van der Waals surface area contributed by atoms with Crippen LogP contribution >= 0.6 is 0 Å². The van der Waals surface area contributed by atoms with Crippen molar-refractivity contribution in [2.45, 2.75) is 12.5 Å². The summed E-state index contributed by atoms with van der Waals surface area (Å²) in [6.07, 6.45) is 1.29. The third-order valence-electron chi connectivity index (χ3n) is 2.53. The minimum Gasteiger partial charge on any atom is -0.407 e. The Hall–Kier alpha value is -0.795. The van der Waals surface area contributed by atoms with Gasteiger partial charge in [0.05, 0.1) is 6.10 Å². The van der Waals surface area contributed by atoms with Gasteiger partial charge in [-0.2, -0.15) is 0 Å². The third-order valence-corrected chi connectivity index (χ3v) is 2.53. The first-order chi connectivity index (χ1) is 5.95. The molecule has 1 saturated heterocycles. The van der Waals surface area contributed by atoms with E-state index in [0.29, 0.717) is 6.10 Å². The van der Waals surface area contributed by atoms with E-state index >= 15 is 0 Å². The third kappa shape index (κ3) is 0.779. The molecular weight excluding hydrogens is 151 g/mol. The number of benzene rings is 1. The van der Waals surface area contributed by atoms with Crippen molar-refractivity contribution in [2.75, 3.05) is 6.61 Å².